The summed E-state index contributed by atoms with van der Waals surface area (Å²) in [4.78, 5) is 10.7. The summed E-state index contributed by atoms with van der Waals surface area (Å²) in [7, 11) is -3.62. The van der Waals surface area contributed by atoms with Crippen molar-refractivity contribution in [3.63, 3.8) is 0 Å². The molecule has 0 radical (unpaired) electrons. The van der Waals surface area contributed by atoms with Crippen LogP contribution in [-0.2, 0) is 25.9 Å². The highest BCUT2D eigenvalue weighted by Gasteiger charge is 2.43. The van der Waals surface area contributed by atoms with Gasteiger partial charge in [-0.25, -0.2) is 4.79 Å². The molecule has 0 aliphatic heterocycles. The van der Waals surface area contributed by atoms with Crippen LogP contribution in [0.2, 0.25) is 0 Å². The molecule has 1 rings (SSSR count). The maximum absolute atomic E-state index is 13.2. The Morgan fingerprint density at radius 1 is 1.20 bits per heavy atom. The summed E-state index contributed by atoms with van der Waals surface area (Å²) in [6, 6.07) is 6.08. The fraction of sp³-hybridized carbons (Fsp3) is 0.125. The van der Waals surface area contributed by atoms with E-state index in [-0.39, 0.29) is 0 Å². The lowest BCUT2D eigenvalue weighted by atomic mass is 10.1. The fourth-order valence-electron chi connectivity index (χ4n) is 0.890. The van der Waals surface area contributed by atoms with E-state index in [9.17, 15) is 22.0 Å². The first kappa shape index (κ1) is 11.6. The zero-order valence-corrected chi connectivity index (χ0v) is 8.12. The highest BCUT2D eigenvalue weighted by molar-refractivity contribution is 7.67. The van der Waals surface area contributed by atoms with E-state index in [4.69, 9.17) is 0 Å². The average Bonchev–Trinajstić information content (AvgIpc) is 2.18. The summed E-state index contributed by atoms with van der Waals surface area (Å²) in [6.07, 6.45) is 0. The third kappa shape index (κ3) is 2.72. The second-order valence-electron chi connectivity index (χ2n) is 2.54. The van der Waals surface area contributed by atoms with Crippen molar-refractivity contribution in [3.05, 3.63) is 35.9 Å². The number of carbonyl (C=O) groups is 1. The Bertz CT molecular complexity index is 420. The van der Waals surface area contributed by atoms with Crippen molar-refractivity contribution in [1.82, 2.24) is 0 Å². The topological polar surface area (TPSA) is 60.4 Å². The van der Waals surface area contributed by atoms with Crippen LogP contribution in [0.4, 0.5) is 8.78 Å². The molecule has 0 N–H and O–H groups in total. The lowest BCUT2D eigenvalue weighted by Gasteiger charge is -2.12. The molecule has 0 unspecified atom stereocenters. The van der Waals surface area contributed by atoms with Gasteiger partial charge in [0.15, 0.2) is 0 Å². The minimum atomic E-state index is -3.96. The molecule has 82 valence electrons. The Kier molecular flexibility index (Phi) is 3.35. The number of halogens is 2. The van der Waals surface area contributed by atoms with Gasteiger partial charge in [0.05, 0.1) is 0 Å². The molecule has 0 fully saturated rings. The van der Waals surface area contributed by atoms with Gasteiger partial charge in [0.2, 0.25) is 0 Å². The van der Waals surface area contributed by atoms with Gasteiger partial charge in [-0.1, -0.05) is 30.3 Å². The molecular formula is C8H6F2O4S. The van der Waals surface area contributed by atoms with Crippen LogP contribution in [0.3, 0.4) is 0 Å². The van der Waals surface area contributed by atoms with Crippen LogP contribution in [0.1, 0.15) is 5.56 Å². The van der Waals surface area contributed by atoms with Gasteiger partial charge in [0, 0.05) is 5.56 Å². The third-order valence-corrected chi connectivity index (χ3v) is 1.87. The van der Waals surface area contributed by atoms with Crippen molar-refractivity contribution in [1.29, 1.82) is 0 Å². The van der Waals surface area contributed by atoms with E-state index in [0.717, 1.165) is 12.1 Å². The molecule has 7 heteroatoms. The van der Waals surface area contributed by atoms with E-state index in [1.165, 1.54) is 18.2 Å². The van der Waals surface area contributed by atoms with Crippen LogP contribution in [-0.4, -0.2) is 14.4 Å². The third-order valence-electron chi connectivity index (χ3n) is 1.55. The normalized spacial score (nSPS) is 11.4. The van der Waals surface area contributed by atoms with Crippen molar-refractivity contribution in [2.45, 2.75) is 5.92 Å². The Labute approximate surface area is 85.6 Å². The summed E-state index contributed by atoms with van der Waals surface area (Å²) >= 11 is 0. The standard InChI is InChI=1S/C8H6F2O4S/c9-8(10,7(11)14-15(12)13)6-4-2-1-3-5-6/h1-5,15H. The van der Waals surface area contributed by atoms with Crippen LogP contribution in [0, 0.1) is 0 Å². The van der Waals surface area contributed by atoms with Crippen LogP contribution < -0.4 is 0 Å². The maximum atomic E-state index is 13.2. The molecule has 0 aliphatic rings. The molecule has 0 atom stereocenters. The first-order chi connectivity index (χ1) is 6.94. The number of hydrogen-bond donors (Lipinski definition) is 1. The lowest BCUT2D eigenvalue weighted by molar-refractivity contribution is -0.162. The van der Waals surface area contributed by atoms with Gasteiger partial charge in [-0.15, -0.1) is 0 Å². The van der Waals surface area contributed by atoms with Gasteiger partial charge in [0.1, 0.15) is 0 Å². The first-order valence-corrected chi connectivity index (χ1v) is 4.84. The molecule has 0 spiro atoms. The molecule has 0 saturated carbocycles. The molecular weight excluding hydrogens is 230 g/mol. The zero-order valence-electron chi connectivity index (χ0n) is 7.22. The molecule has 15 heavy (non-hydrogen) atoms. The molecule has 1 aromatic rings. The summed E-state index contributed by atoms with van der Waals surface area (Å²) in [5.41, 5.74) is -0.619. The predicted octanol–water partition coefficient (Wildman–Crippen LogP) is 0.848. The highest BCUT2D eigenvalue weighted by atomic mass is 32.2. The zero-order chi connectivity index (χ0) is 11.5. The molecule has 0 heterocycles. The molecule has 4 nitrogen and oxygen atoms in total. The van der Waals surface area contributed by atoms with Gasteiger partial charge in [-0.2, -0.15) is 17.2 Å². The number of hydrogen-bond acceptors (Lipinski definition) is 4. The van der Waals surface area contributed by atoms with Crippen LogP contribution in [0.15, 0.2) is 30.3 Å². The molecule has 0 amide bonds. The van der Waals surface area contributed by atoms with Crippen LogP contribution in [0.25, 0.3) is 0 Å². The average molecular weight is 236 g/mol. The van der Waals surface area contributed by atoms with Gasteiger partial charge < -0.3 is 4.18 Å². The van der Waals surface area contributed by atoms with Gasteiger partial charge in [-0.05, 0) is 0 Å². The Hall–Kier alpha value is -1.50. The van der Waals surface area contributed by atoms with Crippen molar-refractivity contribution in [2.75, 3.05) is 0 Å². The highest BCUT2D eigenvalue weighted by Crippen LogP contribution is 2.28. The second-order valence-corrected chi connectivity index (χ2v) is 3.17. The number of benzene rings is 1. The fourth-order valence-corrected chi connectivity index (χ4v) is 1.14. The Morgan fingerprint density at radius 2 is 1.73 bits per heavy atom. The second kappa shape index (κ2) is 4.35. The van der Waals surface area contributed by atoms with E-state index in [2.05, 4.69) is 4.18 Å². The van der Waals surface area contributed by atoms with E-state index in [1.54, 1.807) is 0 Å². The quantitative estimate of drug-likeness (QED) is 0.790. The van der Waals surface area contributed by atoms with Crippen LogP contribution in [0.5, 0.6) is 0 Å². The monoisotopic (exact) mass is 236 g/mol. The largest absolute Gasteiger partial charge is 0.397 e. The number of alkyl halides is 2. The summed E-state index contributed by atoms with van der Waals surface area (Å²) < 4.78 is 49.7. The van der Waals surface area contributed by atoms with Gasteiger partial charge in [-0.3, -0.25) is 0 Å². The Balaban J connectivity index is 2.97. The van der Waals surface area contributed by atoms with E-state index < -0.39 is 28.4 Å². The number of carbonyl (C=O) groups excluding carboxylic acids is 1. The maximum Gasteiger partial charge on any atom is 0.397 e. The smallest absolute Gasteiger partial charge is 0.342 e. The molecule has 0 aromatic heterocycles. The minimum absolute atomic E-state index is 0.619. The Morgan fingerprint density at radius 3 is 2.20 bits per heavy atom. The van der Waals surface area contributed by atoms with Gasteiger partial charge in [0.25, 0.3) is 0 Å². The SMILES string of the molecule is O=C(O[SH](=O)=O)C(F)(F)c1ccccc1. The summed E-state index contributed by atoms with van der Waals surface area (Å²) in [6.45, 7) is 0. The first-order valence-electron chi connectivity index (χ1n) is 3.74. The molecule has 0 aliphatic carbocycles. The summed E-state index contributed by atoms with van der Waals surface area (Å²) in [5, 5.41) is 0. The molecule has 0 bridgehead atoms. The van der Waals surface area contributed by atoms with Crippen molar-refractivity contribution in [2.24, 2.45) is 0 Å². The van der Waals surface area contributed by atoms with E-state index >= 15 is 0 Å². The number of thiol groups is 1. The minimum Gasteiger partial charge on any atom is -0.342 e. The number of rotatable bonds is 3. The lowest BCUT2D eigenvalue weighted by Crippen LogP contribution is -2.27. The summed E-state index contributed by atoms with van der Waals surface area (Å²) in [5.74, 6) is -6.07. The van der Waals surface area contributed by atoms with Crippen LogP contribution >= 0.6 is 0 Å². The molecule has 1 aromatic carbocycles. The van der Waals surface area contributed by atoms with Crippen molar-refractivity contribution < 1.29 is 26.2 Å². The van der Waals surface area contributed by atoms with Crippen molar-refractivity contribution >= 4 is 17.0 Å². The predicted molar refractivity (Wildman–Crippen MR) is 46.7 cm³/mol. The van der Waals surface area contributed by atoms with Gasteiger partial charge >= 0.3 is 22.9 Å². The van der Waals surface area contributed by atoms with Crippen molar-refractivity contribution in [3.8, 4) is 0 Å². The molecule has 0 saturated heterocycles. The van der Waals surface area contributed by atoms with E-state index in [1.807, 2.05) is 0 Å². The van der Waals surface area contributed by atoms with E-state index in [0.29, 0.717) is 0 Å².